The number of hydrogen-bond acceptors (Lipinski definition) is 5. The molecule has 0 saturated carbocycles. The van der Waals surface area contributed by atoms with E-state index >= 15 is 0 Å². The van der Waals surface area contributed by atoms with Crippen molar-refractivity contribution >= 4 is 5.91 Å². The summed E-state index contributed by atoms with van der Waals surface area (Å²) in [6, 6.07) is 8.54. The fourth-order valence-corrected chi connectivity index (χ4v) is 2.62. The fourth-order valence-electron chi connectivity index (χ4n) is 2.62. The molecule has 0 bridgehead atoms. The van der Waals surface area contributed by atoms with Crippen LogP contribution >= 0.6 is 0 Å². The molecule has 0 fully saturated rings. The lowest BCUT2D eigenvalue weighted by atomic mass is 10.0. The zero-order chi connectivity index (χ0) is 18.9. The van der Waals surface area contributed by atoms with E-state index in [1.807, 2.05) is 26.0 Å². The molecule has 2 heterocycles. The van der Waals surface area contributed by atoms with Gasteiger partial charge in [-0.05, 0) is 51.5 Å². The molecule has 1 N–H and O–H groups in total. The predicted molar refractivity (Wildman–Crippen MR) is 97.3 cm³/mol. The van der Waals surface area contributed by atoms with Gasteiger partial charge in [-0.3, -0.25) is 9.59 Å². The minimum Gasteiger partial charge on any atom is -0.454 e. The van der Waals surface area contributed by atoms with Gasteiger partial charge < -0.3 is 14.8 Å². The number of ether oxygens (including phenoxy) is 2. The van der Waals surface area contributed by atoms with Crippen LogP contribution in [0.5, 0.6) is 11.5 Å². The lowest BCUT2D eigenvalue weighted by molar-refractivity contribution is -0.129. The van der Waals surface area contributed by atoms with E-state index in [1.165, 1.54) is 10.7 Å². The maximum atomic E-state index is 12.6. The molecular weight excluding hydrogens is 334 g/mol. The molecule has 2 aromatic rings. The van der Waals surface area contributed by atoms with Crippen LogP contribution in [0.3, 0.4) is 0 Å². The fraction of sp³-hybridized carbons (Fsp3) is 0.421. The van der Waals surface area contributed by atoms with Gasteiger partial charge in [-0.2, -0.15) is 5.10 Å². The highest BCUT2D eigenvalue weighted by Gasteiger charge is 2.32. The molecule has 0 saturated heterocycles. The summed E-state index contributed by atoms with van der Waals surface area (Å²) >= 11 is 0. The molecule has 0 aliphatic carbocycles. The Morgan fingerprint density at radius 2 is 2.00 bits per heavy atom. The van der Waals surface area contributed by atoms with E-state index in [2.05, 4.69) is 10.4 Å². The highest BCUT2D eigenvalue weighted by Crippen LogP contribution is 2.35. The highest BCUT2D eigenvalue weighted by atomic mass is 16.7. The van der Waals surface area contributed by atoms with Gasteiger partial charge in [0.1, 0.15) is 5.54 Å². The van der Waals surface area contributed by atoms with Crippen molar-refractivity contribution < 1.29 is 14.3 Å². The number of aromatic nitrogens is 2. The quantitative estimate of drug-likeness (QED) is 0.888. The van der Waals surface area contributed by atoms with Crippen molar-refractivity contribution in [1.82, 2.24) is 15.1 Å². The van der Waals surface area contributed by atoms with Crippen molar-refractivity contribution in [3.63, 3.8) is 0 Å². The first-order chi connectivity index (χ1) is 12.3. The van der Waals surface area contributed by atoms with Gasteiger partial charge in [0.15, 0.2) is 11.5 Å². The number of rotatable bonds is 5. The maximum Gasteiger partial charge on any atom is 0.267 e. The average Bonchev–Trinajstić information content (AvgIpc) is 3.09. The molecule has 1 unspecified atom stereocenters. The molecule has 1 atom stereocenters. The van der Waals surface area contributed by atoms with E-state index in [0.29, 0.717) is 17.2 Å². The number of hydrogen-bond donors (Lipinski definition) is 1. The van der Waals surface area contributed by atoms with E-state index in [1.54, 1.807) is 26.0 Å². The first kappa shape index (κ1) is 18.0. The van der Waals surface area contributed by atoms with Gasteiger partial charge in [0.2, 0.25) is 12.7 Å². The van der Waals surface area contributed by atoms with Crippen molar-refractivity contribution in [3.8, 4) is 22.8 Å². The topological polar surface area (TPSA) is 82.5 Å². The standard InChI is InChI=1S/C19H23N3O4/c1-5-12(2)20-18(24)19(3,4)22-17(23)9-7-14(21-22)13-6-8-15-16(10-13)26-11-25-15/h6-10,12H,5,11H2,1-4H3,(H,20,24). The van der Waals surface area contributed by atoms with Crippen molar-refractivity contribution in [3.05, 3.63) is 40.7 Å². The van der Waals surface area contributed by atoms with E-state index in [4.69, 9.17) is 9.47 Å². The Balaban J connectivity index is 1.97. The third-order valence-corrected chi connectivity index (χ3v) is 4.54. The molecule has 1 aromatic carbocycles. The molecular formula is C19H23N3O4. The molecule has 1 aliphatic heterocycles. The number of nitrogens with one attached hydrogen (secondary N) is 1. The largest absolute Gasteiger partial charge is 0.454 e. The van der Waals surface area contributed by atoms with E-state index in [9.17, 15) is 9.59 Å². The van der Waals surface area contributed by atoms with Gasteiger partial charge in [-0.25, -0.2) is 4.68 Å². The van der Waals surface area contributed by atoms with Gasteiger partial charge in [0.05, 0.1) is 5.69 Å². The van der Waals surface area contributed by atoms with Gasteiger partial charge in [-0.15, -0.1) is 0 Å². The lowest BCUT2D eigenvalue weighted by Gasteiger charge is -2.27. The first-order valence-electron chi connectivity index (χ1n) is 8.64. The Kier molecular flexibility index (Phi) is 4.71. The number of carbonyl (C=O) groups is 1. The third-order valence-electron chi connectivity index (χ3n) is 4.54. The minimum absolute atomic E-state index is 0.0227. The number of fused-ring (bicyclic) bond motifs is 1. The zero-order valence-corrected chi connectivity index (χ0v) is 15.4. The van der Waals surface area contributed by atoms with Crippen molar-refractivity contribution in [2.24, 2.45) is 0 Å². The summed E-state index contributed by atoms with van der Waals surface area (Å²) in [5.74, 6) is 1.07. The van der Waals surface area contributed by atoms with Crippen molar-refractivity contribution in [1.29, 1.82) is 0 Å². The number of carbonyl (C=O) groups excluding carboxylic acids is 1. The Morgan fingerprint density at radius 3 is 2.73 bits per heavy atom. The van der Waals surface area contributed by atoms with Gasteiger partial charge in [-0.1, -0.05) is 6.92 Å². The van der Waals surface area contributed by atoms with Crippen LogP contribution < -0.4 is 20.3 Å². The minimum atomic E-state index is -1.12. The van der Waals surface area contributed by atoms with E-state index < -0.39 is 5.54 Å². The number of amides is 1. The van der Waals surface area contributed by atoms with Crippen LogP contribution in [0.25, 0.3) is 11.3 Å². The second-order valence-corrected chi connectivity index (χ2v) is 6.88. The van der Waals surface area contributed by atoms with Crippen LogP contribution in [-0.4, -0.2) is 28.5 Å². The summed E-state index contributed by atoms with van der Waals surface area (Å²) in [6.45, 7) is 7.47. The maximum absolute atomic E-state index is 12.6. The molecule has 7 heteroatoms. The smallest absolute Gasteiger partial charge is 0.267 e. The van der Waals surface area contributed by atoms with Gasteiger partial charge in [0.25, 0.3) is 5.56 Å². The highest BCUT2D eigenvalue weighted by molar-refractivity contribution is 5.83. The SMILES string of the molecule is CCC(C)NC(=O)C(C)(C)n1nc(-c2ccc3c(c2)OCO3)ccc1=O. The Labute approximate surface area is 151 Å². The van der Waals surface area contributed by atoms with Gasteiger partial charge >= 0.3 is 0 Å². The second-order valence-electron chi connectivity index (χ2n) is 6.88. The van der Waals surface area contributed by atoms with E-state index in [-0.39, 0.29) is 24.3 Å². The van der Waals surface area contributed by atoms with Crippen LogP contribution in [0.2, 0.25) is 0 Å². The molecule has 0 spiro atoms. The molecule has 7 nitrogen and oxygen atoms in total. The normalized spacial score (nSPS) is 14.2. The van der Waals surface area contributed by atoms with Crippen LogP contribution in [0.15, 0.2) is 35.1 Å². The monoisotopic (exact) mass is 357 g/mol. The summed E-state index contributed by atoms with van der Waals surface area (Å²) in [6.07, 6.45) is 0.807. The second kappa shape index (κ2) is 6.82. The summed E-state index contributed by atoms with van der Waals surface area (Å²) in [5, 5.41) is 7.35. The predicted octanol–water partition coefficient (Wildman–Crippen LogP) is 2.29. The van der Waals surface area contributed by atoms with Crippen LogP contribution in [-0.2, 0) is 10.3 Å². The Bertz CT molecular complexity index is 889. The van der Waals surface area contributed by atoms with Crippen LogP contribution in [0.4, 0.5) is 0 Å². The molecule has 26 heavy (non-hydrogen) atoms. The number of benzene rings is 1. The third kappa shape index (κ3) is 3.29. The first-order valence-corrected chi connectivity index (χ1v) is 8.64. The molecule has 1 aromatic heterocycles. The molecule has 0 radical (unpaired) electrons. The zero-order valence-electron chi connectivity index (χ0n) is 15.4. The molecule has 1 aliphatic rings. The molecule has 1 amide bonds. The lowest BCUT2D eigenvalue weighted by Crippen LogP contribution is -2.51. The van der Waals surface area contributed by atoms with Crippen molar-refractivity contribution in [2.75, 3.05) is 6.79 Å². The van der Waals surface area contributed by atoms with Crippen molar-refractivity contribution in [2.45, 2.75) is 45.7 Å². The Hall–Kier alpha value is -2.83. The molecule has 138 valence electrons. The average molecular weight is 357 g/mol. The van der Waals surface area contributed by atoms with Crippen LogP contribution in [0.1, 0.15) is 34.1 Å². The van der Waals surface area contributed by atoms with Gasteiger partial charge in [0, 0.05) is 17.7 Å². The summed E-state index contributed by atoms with van der Waals surface area (Å²) in [7, 11) is 0. The number of nitrogens with zero attached hydrogens (tertiary/aromatic N) is 2. The van der Waals surface area contributed by atoms with E-state index in [0.717, 1.165) is 12.0 Å². The summed E-state index contributed by atoms with van der Waals surface area (Å²) < 4.78 is 11.9. The van der Waals surface area contributed by atoms with Crippen LogP contribution in [0, 0.1) is 0 Å². The summed E-state index contributed by atoms with van der Waals surface area (Å²) in [4.78, 5) is 25.0. The summed E-state index contributed by atoms with van der Waals surface area (Å²) in [5.41, 5.74) is -0.0976. The Morgan fingerprint density at radius 1 is 1.27 bits per heavy atom. The molecule has 3 rings (SSSR count).